The smallest absolute Gasteiger partial charge is 0.222 e. The number of carbonyl (C=O) groups excluding carboxylic acids is 1. The van der Waals surface area contributed by atoms with Crippen LogP contribution in [-0.4, -0.2) is 72.2 Å². The van der Waals surface area contributed by atoms with Crippen molar-refractivity contribution in [3.05, 3.63) is 45.2 Å². The van der Waals surface area contributed by atoms with E-state index in [0.717, 1.165) is 58.2 Å². The SMILES string of the molecule is CCN=C(CCCC(=O)N(C)CCO)/C(C)=c1/cc(C)/c(=C/C2=NC(=C\C(C)NC)/C(C)=C2CC)[nH]1. The van der Waals surface area contributed by atoms with Crippen LogP contribution in [0.15, 0.2) is 39.0 Å². The van der Waals surface area contributed by atoms with E-state index in [2.05, 4.69) is 63.1 Å². The standard InChI is InChI=1S/C29H45N5O2/c1-9-23-21(5)27(17-20(4)30-7)33-28(23)18-25-19(3)16-26(32-25)22(6)24(31-10-2)12-11-13-29(36)34(8)14-15-35/h16-18,20,30,32,35H,9-15H2,1-8H3/b25-18-,26-22-,27-17-,31-24?. The fraction of sp³-hybridized carbons (Fsp3) is 0.552. The molecule has 1 unspecified atom stereocenters. The number of likely N-dealkylation sites (N-methyl/N-ethyl adjacent to an activating group) is 2. The van der Waals surface area contributed by atoms with Gasteiger partial charge in [0, 0.05) is 49.0 Å². The molecular weight excluding hydrogens is 450 g/mol. The van der Waals surface area contributed by atoms with Gasteiger partial charge in [0.1, 0.15) is 0 Å². The number of hydrogen-bond donors (Lipinski definition) is 3. The van der Waals surface area contributed by atoms with Gasteiger partial charge in [-0.05, 0) is 101 Å². The van der Waals surface area contributed by atoms with Crippen molar-refractivity contribution < 1.29 is 9.90 Å². The molecule has 1 atom stereocenters. The van der Waals surface area contributed by atoms with Crippen LogP contribution in [0.2, 0.25) is 0 Å². The predicted octanol–water partition coefficient (Wildman–Crippen LogP) is 3.03. The third kappa shape index (κ3) is 7.61. The van der Waals surface area contributed by atoms with Crippen LogP contribution in [-0.2, 0) is 4.79 Å². The number of nitrogens with one attached hydrogen (secondary N) is 2. The molecule has 2 rings (SSSR count). The van der Waals surface area contributed by atoms with Crippen LogP contribution >= 0.6 is 0 Å². The van der Waals surface area contributed by atoms with E-state index in [1.807, 2.05) is 14.0 Å². The Morgan fingerprint density at radius 3 is 2.64 bits per heavy atom. The Morgan fingerprint density at radius 1 is 1.31 bits per heavy atom. The summed E-state index contributed by atoms with van der Waals surface area (Å²) in [4.78, 5) is 27.1. The van der Waals surface area contributed by atoms with E-state index in [-0.39, 0.29) is 18.6 Å². The zero-order valence-corrected chi connectivity index (χ0v) is 23.5. The summed E-state index contributed by atoms with van der Waals surface area (Å²) in [6, 6.07) is 2.43. The Labute approximate surface area is 216 Å². The Kier molecular flexibility index (Phi) is 11.5. The number of hydrogen-bond acceptors (Lipinski definition) is 5. The highest BCUT2D eigenvalue weighted by atomic mass is 16.3. The number of aryl methyl sites for hydroxylation is 1. The maximum absolute atomic E-state index is 12.2. The van der Waals surface area contributed by atoms with Gasteiger partial charge in [0.15, 0.2) is 0 Å². The maximum atomic E-state index is 12.2. The van der Waals surface area contributed by atoms with Crippen molar-refractivity contribution in [3.63, 3.8) is 0 Å². The molecule has 7 heteroatoms. The number of nitrogens with zero attached hydrogens (tertiary/aromatic N) is 3. The predicted molar refractivity (Wildman–Crippen MR) is 152 cm³/mol. The number of amides is 1. The summed E-state index contributed by atoms with van der Waals surface area (Å²) in [5.41, 5.74) is 7.89. The number of allylic oxidation sites excluding steroid dienone is 2. The lowest BCUT2D eigenvalue weighted by molar-refractivity contribution is -0.130. The molecule has 2 heterocycles. The number of aromatic amines is 1. The van der Waals surface area contributed by atoms with Crippen molar-refractivity contribution in [1.82, 2.24) is 15.2 Å². The van der Waals surface area contributed by atoms with Gasteiger partial charge in [-0.2, -0.15) is 0 Å². The van der Waals surface area contributed by atoms with E-state index in [9.17, 15) is 4.79 Å². The van der Waals surface area contributed by atoms with Crippen molar-refractivity contribution in [1.29, 1.82) is 0 Å². The summed E-state index contributed by atoms with van der Waals surface area (Å²) in [5, 5.41) is 14.4. The zero-order chi connectivity index (χ0) is 26.8. The van der Waals surface area contributed by atoms with E-state index in [0.29, 0.717) is 19.5 Å². The lowest BCUT2D eigenvalue weighted by Crippen LogP contribution is -2.29. The van der Waals surface area contributed by atoms with E-state index < -0.39 is 0 Å². The molecule has 0 spiro atoms. The highest BCUT2D eigenvalue weighted by molar-refractivity contribution is 6.23. The summed E-state index contributed by atoms with van der Waals surface area (Å²) < 4.78 is 0. The number of rotatable bonds is 12. The lowest BCUT2D eigenvalue weighted by atomic mass is 10.0. The molecule has 36 heavy (non-hydrogen) atoms. The first kappa shape index (κ1) is 29.5. The van der Waals surface area contributed by atoms with Crippen LogP contribution in [0, 0.1) is 6.92 Å². The maximum Gasteiger partial charge on any atom is 0.222 e. The molecule has 1 aromatic heterocycles. The highest BCUT2D eigenvalue weighted by Gasteiger charge is 2.18. The van der Waals surface area contributed by atoms with Gasteiger partial charge in [0.2, 0.25) is 5.91 Å². The largest absolute Gasteiger partial charge is 0.395 e. The first-order valence-corrected chi connectivity index (χ1v) is 13.1. The van der Waals surface area contributed by atoms with Crippen LogP contribution in [0.3, 0.4) is 0 Å². The Bertz CT molecular complexity index is 1170. The van der Waals surface area contributed by atoms with Gasteiger partial charge >= 0.3 is 0 Å². The molecule has 0 saturated heterocycles. The van der Waals surface area contributed by atoms with Crippen LogP contribution in [0.4, 0.5) is 0 Å². The summed E-state index contributed by atoms with van der Waals surface area (Å²) in [7, 11) is 3.69. The molecule has 0 saturated carbocycles. The van der Waals surface area contributed by atoms with Gasteiger partial charge in [0.25, 0.3) is 0 Å². The number of H-pyrrole nitrogens is 1. The Balaban J connectivity index is 2.35. The average Bonchev–Trinajstić information content (AvgIpc) is 3.36. The first-order valence-electron chi connectivity index (χ1n) is 13.1. The molecule has 1 aromatic rings. The van der Waals surface area contributed by atoms with Crippen LogP contribution in [0.5, 0.6) is 0 Å². The molecule has 0 radical (unpaired) electrons. The van der Waals surface area contributed by atoms with Gasteiger partial charge < -0.3 is 20.3 Å². The van der Waals surface area contributed by atoms with Crippen molar-refractivity contribution in [3.8, 4) is 0 Å². The van der Waals surface area contributed by atoms with E-state index in [4.69, 9.17) is 15.1 Å². The van der Waals surface area contributed by atoms with Crippen molar-refractivity contribution in [2.45, 2.75) is 73.3 Å². The van der Waals surface area contributed by atoms with Crippen LogP contribution < -0.4 is 16.0 Å². The molecule has 3 N–H and O–H groups in total. The fourth-order valence-electron chi connectivity index (χ4n) is 4.34. The van der Waals surface area contributed by atoms with Gasteiger partial charge in [-0.25, -0.2) is 4.99 Å². The lowest BCUT2D eigenvalue weighted by Gasteiger charge is -2.15. The topological polar surface area (TPSA) is 93.1 Å². The number of aromatic nitrogens is 1. The van der Waals surface area contributed by atoms with Gasteiger partial charge in [-0.1, -0.05) is 6.92 Å². The minimum atomic E-state index is -0.0165. The molecule has 0 fully saturated rings. The monoisotopic (exact) mass is 495 g/mol. The minimum Gasteiger partial charge on any atom is -0.395 e. The number of aliphatic hydroxyl groups excluding tert-OH is 1. The summed E-state index contributed by atoms with van der Waals surface area (Å²) >= 11 is 0. The molecule has 0 bridgehead atoms. The third-order valence-electron chi connectivity index (χ3n) is 6.79. The van der Waals surface area contributed by atoms with Crippen molar-refractivity contribution in [2.24, 2.45) is 9.98 Å². The highest BCUT2D eigenvalue weighted by Crippen LogP contribution is 2.28. The molecule has 7 nitrogen and oxygen atoms in total. The van der Waals surface area contributed by atoms with Crippen molar-refractivity contribution in [2.75, 3.05) is 33.8 Å². The Morgan fingerprint density at radius 2 is 2.03 bits per heavy atom. The van der Waals surface area contributed by atoms with E-state index >= 15 is 0 Å². The molecule has 1 aliphatic rings. The number of aliphatic imine (C=N–C) groups is 2. The molecule has 0 aromatic carbocycles. The van der Waals surface area contributed by atoms with E-state index in [1.54, 1.807) is 11.9 Å². The summed E-state index contributed by atoms with van der Waals surface area (Å²) in [5.74, 6) is 0.0510. The third-order valence-corrected chi connectivity index (χ3v) is 6.79. The normalized spacial score (nSPS) is 17.7. The molecular formula is C29H45N5O2. The first-order chi connectivity index (χ1) is 17.2. The van der Waals surface area contributed by atoms with Gasteiger partial charge in [0.05, 0.1) is 18.0 Å². The van der Waals surface area contributed by atoms with E-state index in [1.165, 1.54) is 11.1 Å². The van der Waals surface area contributed by atoms with Crippen LogP contribution in [0.25, 0.3) is 11.6 Å². The second-order valence-corrected chi connectivity index (χ2v) is 9.45. The van der Waals surface area contributed by atoms with Gasteiger partial charge in [-0.15, -0.1) is 0 Å². The molecule has 198 valence electrons. The molecule has 1 aliphatic heterocycles. The molecule has 1 amide bonds. The fourth-order valence-corrected chi connectivity index (χ4v) is 4.34. The number of aliphatic hydroxyl groups is 1. The zero-order valence-electron chi connectivity index (χ0n) is 23.5. The average molecular weight is 496 g/mol. The van der Waals surface area contributed by atoms with Crippen molar-refractivity contribution >= 4 is 29.0 Å². The molecule has 0 aliphatic carbocycles. The van der Waals surface area contributed by atoms with Gasteiger partial charge in [-0.3, -0.25) is 9.79 Å². The second-order valence-electron chi connectivity index (χ2n) is 9.45. The summed E-state index contributed by atoms with van der Waals surface area (Å²) in [6.45, 7) is 13.8. The summed E-state index contributed by atoms with van der Waals surface area (Å²) in [6.07, 6.45) is 7.18. The second kappa shape index (κ2) is 14.1. The van der Waals surface area contributed by atoms with Crippen LogP contribution in [0.1, 0.15) is 65.9 Å². The quantitative estimate of drug-likeness (QED) is 0.389. The number of carbonyl (C=O) groups is 1. The minimum absolute atomic E-state index is 0.0165. The Hall–Kier alpha value is -2.77.